The predicted octanol–water partition coefficient (Wildman–Crippen LogP) is 1.52. The normalized spacial score (nSPS) is 13.5. The standard InChI is InChI=1S/C12H7F2NO2/c1-2-3-6-15-10-8(14)5-4-7(13)9(10)11(16)12(15)17/h4-5H,6H2,1H3. The topological polar surface area (TPSA) is 37.4 Å². The molecular formula is C12H7F2NO2. The van der Waals surface area contributed by atoms with Gasteiger partial charge in [0.15, 0.2) is 0 Å². The van der Waals surface area contributed by atoms with Gasteiger partial charge in [-0.25, -0.2) is 8.78 Å². The molecule has 1 amide bonds. The molecule has 3 nitrogen and oxygen atoms in total. The summed E-state index contributed by atoms with van der Waals surface area (Å²) in [5, 5.41) is 0. The molecule has 17 heavy (non-hydrogen) atoms. The van der Waals surface area contributed by atoms with E-state index in [1.165, 1.54) is 0 Å². The summed E-state index contributed by atoms with van der Waals surface area (Å²) in [7, 11) is 0. The highest BCUT2D eigenvalue weighted by atomic mass is 19.1. The van der Waals surface area contributed by atoms with Gasteiger partial charge in [-0.3, -0.25) is 14.5 Å². The van der Waals surface area contributed by atoms with Crippen molar-refractivity contribution in [1.29, 1.82) is 0 Å². The van der Waals surface area contributed by atoms with Gasteiger partial charge in [-0.15, -0.1) is 5.92 Å². The van der Waals surface area contributed by atoms with E-state index in [1.807, 2.05) is 0 Å². The number of benzene rings is 1. The maximum Gasteiger partial charge on any atom is 0.300 e. The molecule has 86 valence electrons. The smallest absolute Gasteiger partial charge is 0.290 e. The summed E-state index contributed by atoms with van der Waals surface area (Å²) in [6, 6.07) is 1.71. The van der Waals surface area contributed by atoms with Crippen molar-refractivity contribution in [2.75, 3.05) is 11.4 Å². The molecule has 0 aliphatic carbocycles. The zero-order valence-electron chi connectivity index (χ0n) is 8.88. The Labute approximate surface area is 96.0 Å². The van der Waals surface area contributed by atoms with Gasteiger partial charge in [0.1, 0.15) is 11.6 Å². The van der Waals surface area contributed by atoms with Gasteiger partial charge in [0.05, 0.1) is 17.8 Å². The maximum absolute atomic E-state index is 13.5. The number of fused-ring (bicyclic) bond motifs is 1. The van der Waals surface area contributed by atoms with Crippen LogP contribution in [0.3, 0.4) is 0 Å². The molecule has 0 atom stereocenters. The molecule has 1 aromatic rings. The van der Waals surface area contributed by atoms with Crippen LogP contribution in [-0.2, 0) is 4.79 Å². The van der Waals surface area contributed by atoms with Gasteiger partial charge in [0.25, 0.3) is 5.78 Å². The van der Waals surface area contributed by atoms with Crippen molar-refractivity contribution in [3.8, 4) is 11.8 Å². The lowest BCUT2D eigenvalue weighted by Gasteiger charge is -2.13. The van der Waals surface area contributed by atoms with E-state index in [9.17, 15) is 18.4 Å². The molecule has 0 unspecified atom stereocenters. The van der Waals surface area contributed by atoms with Gasteiger partial charge in [0.2, 0.25) is 0 Å². The molecule has 0 spiro atoms. The van der Waals surface area contributed by atoms with Gasteiger partial charge in [0, 0.05) is 0 Å². The number of carbonyl (C=O) groups is 2. The lowest BCUT2D eigenvalue weighted by molar-refractivity contribution is -0.114. The van der Waals surface area contributed by atoms with Crippen LogP contribution in [0.25, 0.3) is 0 Å². The van der Waals surface area contributed by atoms with Crippen LogP contribution in [0.1, 0.15) is 17.3 Å². The number of rotatable bonds is 1. The van der Waals surface area contributed by atoms with Crippen LogP contribution in [0.5, 0.6) is 0 Å². The number of halogens is 2. The zero-order chi connectivity index (χ0) is 12.6. The van der Waals surface area contributed by atoms with E-state index < -0.39 is 28.9 Å². The van der Waals surface area contributed by atoms with Crippen molar-refractivity contribution in [3.63, 3.8) is 0 Å². The average molecular weight is 235 g/mol. The van der Waals surface area contributed by atoms with Crippen molar-refractivity contribution >= 4 is 17.4 Å². The maximum atomic E-state index is 13.5. The number of anilines is 1. The second-order valence-electron chi connectivity index (χ2n) is 3.40. The Bertz CT molecular complexity index is 584. The first-order valence-corrected chi connectivity index (χ1v) is 4.81. The quantitative estimate of drug-likeness (QED) is 0.546. The van der Waals surface area contributed by atoms with Crippen molar-refractivity contribution < 1.29 is 18.4 Å². The Kier molecular flexibility index (Phi) is 2.64. The largest absolute Gasteiger partial charge is 0.300 e. The molecule has 0 radical (unpaired) electrons. The van der Waals surface area contributed by atoms with E-state index in [-0.39, 0.29) is 12.2 Å². The van der Waals surface area contributed by atoms with Gasteiger partial charge in [-0.05, 0) is 19.1 Å². The number of carbonyl (C=O) groups excluding carboxylic acids is 2. The first-order chi connectivity index (χ1) is 8.07. The molecule has 0 bridgehead atoms. The Hall–Kier alpha value is -2.22. The summed E-state index contributed by atoms with van der Waals surface area (Å²) in [6.45, 7) is 1.42. The second kappa shape index (κ2) is 3.98. The average Bonchev–Trinajstić information content (AvgIpc) is 2.56. The Morgan fingerprint density at radius 2 is 1.88 bits per heavy atom. The Morgan fingerprint density at radius 1 is 1.24 bits per heavy atom. The van der Waals surface area contributed by atoms with Gasteiger partial charge in [-0.1, -0.05) is 5.92 Å². The highest BCUT2D eigenvalue weighted by Crippen LogP contribution is 2.33. The van der Waals surface area contributed by atoms with E-state index in [4.69, 9.17) is 0 Å². The molecule has 1 aliphatic heterocycles. The first-order valence-electron chi connectivity index (χ1n) is 4.81. The van der Waals surface area contributed by atoms with Gasteiger partial charge < -0.3 is 0 Å². The van der Waals surface area contributed by atoms with Crippen molar-refractivity contribution in [2.24, 2.45) is 0 Å². The Morgan fingerprint density at radius 3 is 2.53 bits per heavy atom. The highest BCUT2D eigenvalue weighted by Gasteiger charge is 2.40. The van der Waals surface area contributed by atoms with E-state index in [0.29, 0.717) is 0 Å². The summed E-state index contributed by atoms with van der Waals surface area (Å²) in [5.74, 6) is 1.38. The van der Waals surface area contributed by atoms with Crippen molar-refractivity contribution in [1.82, 2.24) is 0 Å². The predicted molar refractivity (Wildman–Crippen MR) is 56.5 cm³/mol. The number of amides is 1. The molecule has 1 aliphatic rings. The van der Waals surface area contributed by atoms with E-state index >= 15 is 0 Å². The minimum Gasteiger partial charge on any atom is -0.290 e. The minimum atomic E-state index is -1.03. The van der Waals surface area contributed by atoms with Crippen molar-refractivity contribution in [3.05, 3.63) is 29.3 Å². The van der Waals surface area contributed by atoms with E-state index in [0.717, 1.165) is 17.0 Å². The van der Waals surface area contributed by atoms with Crippen LogP contribution < -0.4 is 4.90 Å². The van der Waals surface area contributed by atoms with Crippen LogP contribution >= 0.6 is 0 Å². The fourth-order valence-corrected chi connectivity index (χ4v) is 1.66. The van der Waals surface area contributed by atoms with Crippen LogP contribution in [0.15, 0.2) is 12.1 Å². The van der Waals surface area contributed by atoms with Gasteiger partial charge in [-0.2, -0.15) is 0 Å². The third kappa shape index (κ3) is 1.58. The fraction of sp³-hybridized carbons (Fsp3) is 0.167. The number of hydrogen-bond acceptors (Lipinski definition) is 2. The molecule has 0 fully saturated rings. The van der Waals surface area contributed by atoms with E-state index in [1.54, 1.807) is 6.92 Å². The molecule has 0 saturated heterocycles. The molecule has 5 heteroatoms. The SMILES string of the molecule is CC#CCN1C(=O)C(=O)c2c(F)ccc(F)c21. The third-order valence-electron chi connectivity index (χ3n) is 2.43. The summed E-state index contributed by atoms with van der Waals surface area (Å²) >= 11 is 0. The lowest BCUT2D eigenvalue weighted by atomic mass is 10.1. The molecule has 0 aromatic heterocycles. The first kappa shape index (κ1) is 11.3. The number of Topliss-reactive ketones (excluding diaryl/α,β-unsaturated/α-hetero) is 1. The van der Waals surface area contributed by atoms with Crippen LogP contribution in [0, 0.1) is 23.5 Å². The third-order valence-corrected chi connectivity index (χ3v) is 2.43. The number of nitrogens with zero attached hydrogens (tertiary/aromatic N) is 1. The molecule has 1 heterocycles. The van der Waals surface area contributed by atoms with E-state index in [2.05, 4.69) is 11.8 Å². The van der Waals surface area contributed by atoms with Crippen LogP contribution in [0.2, 0.25) is 0 Å². The number of ketones is 1. The Balaban J connectivity index is 2.62. The molecule has 0 N–H and O–H groups in total. The lowest BCUT2D eigenvalue weighted by Crippen LogP contribution is -2.30. The summed E-state index contributed by atoms with van der Waals surface area (Å²) in [5.41, 5.74) is -0.823. The van der Waals surface area contributed by atoms with Crippen LogP contribution in [0.4, 0.5) is 14.5 Å². The molecule has 2 rings (SSSR count). The highest BCUT2D eigenvalue weighted by molar-refractivity contribution is 6.52. The molecular weight excluding hydrogens is 228 g/mol. The van der Waals surface area contributed by atoms with Gasteiger partial charge >= 0.3 is 5.91 Å². The van der Waals surface area contributed by atoms with Crippen molar-refractivity contribution in [2.45, 2.75) is 6.92 Å². The number of hydrogen-bond donors (Lipinski definition) is 0. The fourth-order valence-electron chi connectivity index (χ4n) is 1.66. The zero-order valence-corrected chi connectivity index (χ0v) is 8.88. The minimum absolute atomic E-state index is 0.131. The summed E-state index contributed by atoms with van der Waals surface area (Å²) in [6.07, 6.45) is 0. The van der Waals surface area contributed by atoms with Crippen LogP contribution in [-0.4, -0.2) is 18.2 Å². The molecule has 0 saturated carbocycles. The molecule has 1 aromatic carbocycles. The summed E-state index contributed by atoms with van der Waals surface area (Å²) in [4.78, 5) is 23.9. The summed E-state index contributed by atoms with van der Waals surface area (Å²) < 4.78 is 26.9. The second-order valence-corrected chi connectivity index (χ2v) is 3.40. The monoisotopic (exact) mass is 235 g/mol.